The summed E-state index contributed by atoms with van der Waals surface area (Å²) in [5, 5.41) is 7.27. The zero-order chi connectivity index (χ0) is 23.2. The van der Waals surface area contributed by atoms with Gasteiger partial charge in [-0.2, -0.15) is 13.6 Å². The van der Waals surface area contributed by atoms with E-state index in [9.17, 15) is 8.42 Å². The molecule has 5 aromatic rings. The van der Waals surface area contributed by atoms with Gasteiger partial charge in [-0.3, -0.25) is 0 Å². The maximum Gasteiger partial charge on any atom is 0.380 e. The molecule has 0 spiro atoms. The summed E-state index contributed by atoms with van der Waals surface area (Å²) in [6, 6.07) is 21.0. The fraction of sp³-hybridized carbons (Fsp3) is 0.120. The molecule has 33 heavy (non-hydrogen) atoms. The number of nitrogens with one attached hydrogen (secondary N) is 1. The smallest absolute Gasteiger partial charge is 0.380 e. The quantitative estimate of drug-likeness (QED) is 0.391. The van der Waals surface area contributed by atoms with Gasteiger partial charge in [-0.15, -0.1) is 0 Å². The zero-order valence-electron chi connectivity index (χ0n) is 18.1. The largest absolute Gasteiger partial charge is 0.497 e. The average Bonchev–Trinajstić information content (AvgIpc) is 3.36. The number of fused-ring (bicyclic) bond motifs is 2. The number of aromatic nitrogens is 2. The van der Waals surface area contributed by atoms with Gasteiger partial charge >= 0.3 is 10.3 Å². The predicted octanol–water partition coefficient (Wildman–Crippen LogP) is 4.43. The molecule has 0 fully saturated rings. The Labute approximate surface area is 191 Å². The summed E-state index contributed by atoms with van der Waals surface area (Å²) < 4.78 is 36.4. The Morgan fingerprint density at radius 2 is 1.70 bits per heavy atom. The summed E-state index contributed by atoms with van der Waals surface area (Å²) in [5.74, 6) is 0.590. The van der Waals surface area contributed by atoms with Crippen molar-refractivity contribution in [3.05, 3.63) is 95.8 Å². The van der Waals surface area contributed by atoms with Crippen molar-refractivity contribution in [3.63, 3.8) is 0 Å². The van der Waals surface area contributed by atoms with Gasteiger partial charge in [0.15, 0.2) is 0 Å². The summed E-state index contributed by atoms with van der Waals surface area (Å²) in [6.45, 7) is 0. The number of hydrogen-bond donors (Lipinski definition) is 2. The molecule has 0 aliphatic rings. The summed E-state index contributed by atoms with van der Waals surface area (Å²) in [7, 11) is -0.589. The molecular weight excluding hydrogens is 438 g/mol. The number of H-pyrrole nitrogens is 1. The highest BCUT2D eigenvalue weighted by molar-refractivity contribution is 7.84. The van der Waals surface area contributed by atoms with Gasteiger partial charge in [-0.05, 0) is 41.5 Å². The first-order chi connectivity index (χ1) is 15.9. The molecule has 1 atom stereocenters. The van der Waals surface area contributed by atoms with Gasteiger partial charge < -0.3 is 18.5 Å². The molecule has 2 aromatic heterocycles. The van der Waals surface area contributed by atoms with E-state index in [0.29, 0.717) is 5.56 Å². The second-order valence-electron chi connectivity index (χ2n) is 7.91. The molecule has 7 nitrogen and oxygen atoms in total. The van der Waals surface area contributed by atoms with E-state index in [2.05, 4.69) is 15.7 Å². The van der Waals surface area contributed by atoms with Crippen LogP contribution in [-0.2, 0) is 17.4 Å². The molecule has 0 bridgehead atoms. The highest BCUT2D eigenvalue weighted by atomic mass is 32.2. The van der Waals surface area contributed by atoms with Crippen molar-refractivity contribution in [3.8, 4) is 11.5 Å². The molecule has 168 valence electrons. The summed E-state index contributed by atoms with van der Waals surface area (Å²) in [6.07, 6.45) is 4.02. The molecule has 0 amide bonds. The third-order valence-electron chi connectivity index (χ3n) is 5.91. The fourth-order valence-electron chi connectivity index (χ4n) is 4.51. The molecule has 0 radical (unpaired) electrons. The SMILES string of the molecule is COc1ccc2c(c1)c(C(c1ccccc1OS(N)(=O)=O)c1c[nH]c3ccccc13)cn2C. The Balaban J connectivity index is 1.84. The minimum absolute atomic E-state index is 0.190. The first kappa shape index (κ1) is 21.1. The predicted molar refractivity (Wildman–Crippen MR) is 129 cm³/mol. The van der Waals surface area contributed by atoms with Crippen LogP contribution in [0.15, 0.2) is 79.1 Å². The Kier molecular flexibility index (Phi) is 5.11. The lowest BCUT2D eigenvalue weighted by Gasteiger charge is -2.20. The Bertz CT molecular complexity index is 1580. The fourth-order valence-corrected chi connectivity index (χ4v) is 4.92. The van der Waals surface area contributed by atoms with Crippen LogP contribution in [0.2, 0.25) is 0 Å². The standard InChI is InChI=1S/C25H23N3O4S/c1-28-15-21(19-13-16(31-2)11-12-23(19)28)25(20-14-27-22-9-5-3-7-17(20)22)18-8-4-6-10-24(18)32-33(26,29)30/h3-15,25,27H,1-2H3,(H2,26,29,30). The maximum atomic E-state index is 11.8. The zero-order valence-corrected chi connectivity index (χ0v) is 19.0. The number of rotatable bonds is 6. The van der Waals surface area contributed by atoms with E-state index in [1.54, 1.807) is 19.2 Å². The molecule has 1 unspecified atom stereocenters. The van der Waals surface area contributed by atoms with E-state index in [-0.39, 0.29) is 11.7 Å². The van der Waals surface area contributed by atoms with Crippen LogP contribution in [0.3, 0.4) is 0 Å². The lowest BCUT2D eigenvalue weighted by atomic mass is 9.84. The van der Waals surface area contributed by atoms with E-state index < -0.39 is 10.3 Å². The highest BCUT2D eigenvalue weighted by Gasteiger charge is 2.27. The molecule has 2 heterocycles. The first-order valence-corrected chi connectivity index (χ1v) is 11.8. The van der Waals surface area contributed by atoms with Crippen molar-refractivity contribution in [1.29, 1.82) is 0 Å². The van der Waals surface area contributed by atoms with Crippen molar-refractivity contribution in [2.75, 3.05) is 7.11 Å². The molecule has 5 rings (SSSR count). The van der Waals surface area contributed by atoms with E-state index in [0.717, 1.165) is 38.7 Å². The molecule has 0 aliphatic carbocycles. The third kappa shape index (κ3) is 3.83. The minimum atomic E-state index is -4.21. The normalized spacial score (nSPS) is 12.8. The highest BCUT2D eigenvalue weighted by Crippen LogP contribution is 2.43. The van der Waals surface area contributed by atoms with Crippen LogP contribution in [0.5, 0.6) is 11.5 Å². The van der Waals surface area contributed by atoms with Gasteiger partial charge in [0.25, 0.3) is 0 Å². The van der Waals surface area contributed by atoms with E-state index in [1.165, 1.54) is 0 Å². The maximum absolute atomic E-state index is 11.8. The summed E-state index contributed by atoms with van der Waals surface area (Å²) >= 11 is 0. The number of methoxy groups -OCH3 is 1. The van der Waals surface area contributed by atoms with Gasteiger partial charge in [-0.1, -0.05) is 36.4 Å². The molecule has 3 N–H and O–H groups in total. The number of para-hydroxylation sites is 2. The van der Waals surface area contributed by atoms with Gasteiger partial charge in [0.1, 0.15) is 11.5 Å². The number of aryl methyl sites for hydroxylation is 1. The van der Waals surface area contributed by atoms with Crippen LogP contribution >= 0.6 is 0 Å². The van der Waals surface area contributed by atoms with Crippen LogP contribution < -0.4 is 14.1 Å². The second kappa shape index (κ2) is 7.99. The molecule has 8 heteroatoms. The summed E-state index contributed by atoms with van der Waals surface area (Å²) in [4.78, 5) is 3.34. The van der Waals surface area contributed by atoms with Crippen LogP contribution in [0.25, 0.3) is 21.8 Å². The number of benzene rings is 3. The second-order valence-corrected chi connectivity index (χ2v) is 9.07. The van der Waals surface area contributed by atoms with Crippen LogP contribution in [0, 0.1) is 0 Å². The molecular formula is C25H23N3O4S. The van der Waals surface area contributed by atoms with Gasteiger partial charge in [0.05, 0.1) is 7.11 Å². The van der Waals surface area contributed by atoms with Crippen LogP contribution in [-0.4, -0.2) is 25.1 Å². The molecule has 0 saturated carbocycles. The van der Waals surface area contributed by atoms with E-state index >= 15 is 0 Å². The summed E-state index contributed by atoms with van der Waals surface area (Å²) in [5.41, 5.74) is 4.68. The lowest BCUT2D eigenvalue weighted by molar-refractivity contribution is 0.415. The van der Waals surface area contributed by atoms with Crippen molar-refractivity contribution >= 4 is 32.1 Å². The van der Waals surface area contributed by atoms with Crippen molar-refractivity contribution < 1.29 is 17.3 Å². The molecule has 3 aromatic carbocycles. The van der Waals surface area contributed by atoms with E-state index in [1.807, 2.05) is 67.8 Å². The average molecular weight is 462 g/mol. The number of ether oxygens (including phenoxy) is 1. The van der Waals surface area contributed by atoms with Crippen LogP contribution in [0.4, 0.5) is 0 Å². The number of nitrogens with zero attached hydrogens (tertiary/aromatic N) is 1. The number of aromatic amines is 1. The Morgan fingerprint density at radius 3 is 2.48 bits per heavy atom. The molecule has 0 saturated heterocycles. The number of nitrogens with two attached hydrogens (primary N) is 1. The first-order valence-electron chi connectivity index (χ1n) is 10.4. The van der Waals surface area contributed by atoms with Gasteiger partial charge in [-0.25, -0.2) is 0 Å². The topological polar surface area (TPSA) is 99.3 Å². The Morgan fingerprint density at radius 1 is 0.939 bits per heavy atom. The van der Waals surface area contributed by atoms with Gasteiger partial charge in [0, 0.05) is 52.7 Å². The van der Waals surface area contributed by atoms with E-state index in [4.69, 9.17) is 14.1 Å². The molecule has 0 aliphatic heterocycles. The third-order valence-corrected chi connectivity index (χ3v) is 6.32. The van der Waals surface area contributed by atoms with Crippen molar-refractivity contribution in [2.24, 2.45) is 12.2 Å². The minimum Gasteiger partial charge on any atom is -0.497 e. The van der Waals surface area contributed by atoms with Gasteiger partial charge in [0.2, 0.25) is 0 Å². The number of hydrogen-bond acceptors (Lipinski definition) is 4. The van der Waals surface area contributed by atoms with Crippen molar-refractivity contribution in [1.82, 2.24) is 9.55 Å². The Hall–Kier alpha value is -3.75. The monoisotopic (exact) mass is 461 g/mol. The lowest BCUT2D eigenvalue weighted by Crippen LogP contribution is -2.20. The van der Waals surface area contributed by atoms with Crippen molar-refractivity contribution in [2.45, 2.75) is 5.92 Å². The van der Waals surface area contributed by atoms with Crippen LogP contribution in [0.1, 0.15) is 22.6 Å².